The largest absolute Gasteiger partial charge is 0.416 e. The fraction of sp³-hybridized carbons (Fsp3) is 0.400. The molecule has 2 aromatic heterocycles. The van der Waals surface area contributed by atoms with Crippen LogP contribution in [0.5, 0.6) is 0 Å². The Kier molecular flexibility index (Phi) is 11.3. The van der Waals surface area contributed by atoms with E-state index in [4.69, 9.17) is 34.8 Å². The maximum absolute atomic E-state index is 13.0. The van der Waals surface area contributed by atoms with Gasteiger partial charge in [0.05, 0.1) is 19.7 Å². The molecule has 5 rings (SSSR count). The van der Waals surface area contributed by atoms with Crippen molar-refractivity contribution < 1.29 is 27.4 Å². The normalized spacial score (nSPS) is 19.5. The third-order valence-corrected chi connectivity index (χ3v) is 8.56. The Hall–Kier alpha value is -3.03. The molecule has 1 aliphatic carbocycles. The van der Waals surface area contributed by atoms with Gasteiger partial charge in [-0.05, 0) is 59.2 Å². The fourth-order valence-electron chi connectivity index (χ4n) is 5.01. The molecule has 1 N–H and O–H groups in total. The monoisotopic (exact) mass is 688 g/mol. The molecule has 0 spiro atoms. The van der Waals surface area contributed by atoms with Crippen LogP contribution < -0.4 is 0 Å². The first kappa shape index (κ1) is 34.8. The van der Waals surface area contributed by atoms with Crippen molar-refractivity contribution in [3.63, 3.8) is 0 Å². The van der Waals surface area contributed by atoms with E-state index in [9.17, 15) is 22.7 Å². The number of rotatable bonds is 10. The van der Waals surface area contributed by atoms with Crippen LogP contribution in [-0.4, -0.2) is 59.4 Å². The van der Waals surface area contributed by atoms with Gasteiger partial charge in [0.2, 0.25) is 0 Å². The quantitative estimate of drug-likeness (QED) is 0.171. The van der Waals surface area contributed by atoms with Gasteiger partial charge in [-0.2, -0.15) is 19.0 Å². The lowest BCUT2D eigenvalue weighted by Gasteiger charge is -2.37. The smallest absolute Gasteiger partial charge is 0.383 e. The molecule has 45 heavy (non-hydrogen) atoms. The predicted molar refractivity (Wildman–Crippen MR) is 164 cm³/mol. The topological polar surface area (TPSA) is 90.9 Å². The van der Waals surface area contributed by atoms with Crippen LogP contribution in [0.2, 0.25) is 15.1 Å². The number of ether oxygens (including phenoxy) is 1. The highest BCUT2D eigenvalue weighted by Crippen LogP contribution is 2.50. The van der Waals surface area contributed by atoms with Crippen molar-refractivity contribution in [1.82, 2.24) is 29.5 Å². The average molecular weight is 690 g/mol. The Bertz CT molecular complexity index is 1550. The van der Waals surface area contributed by atoms with E-state index >= 15 is 0 Å². The molecular formula is C30H31Cl3F4N6O2. The molecule has 4 aromatic rings. The number of halogens is 7. The molecule has 0 radical (unpaired) electrons. The molecule has 0 saturated heterocycles. The molecule has 2 unspecified atom stereocenters. The maximum atomic E-state index is 13.0. The van der Waals surface area contributed by atoms with E-state index in [0.29, 0.717) is 22.2 Å². The highest BCUT2D eigenvalue weighted by Gasteiger charge is 2.51. The van der Waals surface area contributed by atoms with Crippen molar-refractivity contribution in [1.29, 1.82) is 0 Å². The number of hydrogen-bond donors (Lipinski definition) is 1. The Labute approximate surface area is 272 Å². The van der Waals surface area contributed by atoms with Crippen molar-refractivity contribution in [2.75, 3.05) is 6.61 Å². The minimum absolute atomic E-state index is 0.0701. The van der Waals surface area contributed by atoms with E-state index in [1.165, 1.54) is 41.9 Å². The standard InChI is InChI=1S/C17H20ClN3O.C13H11Cl2F4N3O/c1-16(2)8-7-14(9-13-3-5-15(18)6-4-13)17(16,22)10-21-12-19-11-20-21;14-9-1-2-10(11(15)3-9)8(4-22-7-20-6-21-22)5-23-13(18,19)12(16)17/h3-6,9,11-12,22H,7-8,10H2,1-2H3;1-3,6-8,12H,4-5H2/b14-9+;. The van der Waals surface area contributed by atoms with Gasteiger partial charge in [-0.3, -0.25) is 4.68 Å². The Balaban J connectivity index is 0.000000205. The summed E-state index contributed by atoms with van der Waals surface area (Å²) >= 11 is 17.8. The van der Waals surface area contributed by atoms with Gasteiger partial charge in [-0.25, -0.2) is 23.4 Å². The highest BCUT2D eigenvalue weighted by molar-refractivity contribution is 6.35. The van der Waals surface area contributed by atoms with E-state index in [1.54, 1.807) is 11.0 Å². The first-order valence-corrected chi connectivity index (χ1v) is 14.9. The van der Waals surface area contributed by atoms with Crippen molar-refractivity contribution in [2.24, 2.45) is 5.41 Å². The lowest BCUT2D eigenvalue weighted by molar-refractivity contribution is -0.302. The summed E-state index contributed by atoms with van der Waals surface area (Å²) in [5.41, 5.74) is 1.37. The Morgan fingerprint density at radius 1 is 0.978 bits per heavy atom. The molecule has 2 atom stereocenters. The second kappa shape index (κ2) is 14.6. The molecule has 242 valence electrons. The van der Waals surface area contributed by atoms with E-state index in [1.807, 2.05) is 24.3 Å². The molecule has 1 aliphatic rings. The lowest BCUT2D eigenvalue weighted by Crippen LogP contribution is -2.45. The number of aliphatic hydroxyl groups is 1. The van der Waals surface area contributed by atoms with Crippen molar-refractivity contribution in [3.8, 4) is 0 Å². The summed E-state index contributed by atoms with van der Waals surface area (Å²) in [4.78, 5) is 7.70. The van der Waals surface area contributed by atoms with Gasteiger partial charge in [0, 0.05) is 21.0 Å². The van der Waals surface area contributed by atoms with Crippen LogP contribution in [0.25, 0.3) is 6.08 Å². The molecule has 0 amide bonds. The Morgan fingerprint density at radius 3 is 2.18 bits per heavy atom. The molecule has 0 aliphatic heterocycles. The van der Waals surface area contributed by atoms with Crippen molar-refractivity contribution in [2.45, 2.75) is 63.8 Å². The third-order valence-electron chi connectivity index (χ3n) is 7.75. The maximum Gasteiger partial charge on any atom is 0.416 e. The molecule has 1 fully saturated rings. The van der Waals surface area contributed by atoms with Crippen LogP contribution in [0.15, 0.2) is 73.3 Å². The summed E-state index contributed by atoms with van der Waals surface area (Å²) < 4.78 is 57.6. The van der Waals surface area contributed by atoms with E-state index < -0.39 is 30.7 Å². The van der Waals surface area contributed by atoms with Crippen LogP contribution in [0.1, 0.15) is 43.7 Å². The number of benzene rings is 2. The van der Waals surface area contributed by atoms with Gasteiger partial charge >= 0.3 is 12.5 Å². The lowest BCUT2D eigenvalue weighted by atomic mass is 9.76. The SMILES string of the molecule is CC1(C)CC/C(=C\c2ccc(Cl)cc2)C1(O)Cn1cncn1.FC(F)C(F)(F)OCC(Cn1cncn1)c1ccc(Cl)cc1Cl. The summed E-state index contributed by atoms with van der Waals surface area (Å²) in [6, 6.07) is 12.1. The van der Waals surface area contributed by atoms with Crippen molar-refractivity contribution >= 4 is 40.9 Å². The fourth-order valence-corrected chi connectivity index (χ4v) is 5.70. The summed E-state index contributed by atoms with van der Waals surface area (Å²) in [7, 11) is 0. The molecule has 8 nitrogen and oxygen atoms in total. The van der Waals surface area contributed by atoms with Crippen LogP contribution >= 0.6 is 34.8 Å². The van der Waals surface area contributed by atoms with Gasteiger partial charge in [0.1, 0.15) is 30.9 Å². The number of hydrogen-bond acceptors (Lipinski definition) is 6. The summed E-state index contributed by atoms with van der Waals surface area (Å²) in [6.07, 6.45) is 1.19. The average Bonchev–Trinajstić information content (AvgIpc) is 3.73. The minimum atomic E-state index is -4.54. The van der Waals surface area contributed by atoms with Crippen LogP contribution in [0.3, 0.4) is 0 Å². The minimum Gasteiger partial charge on any atom is -0.383 e. The number of alkyl halides is 4. The second-order valence-electron chi connectivity index (χ2n) is 11.2. The predicted octanol–water partition coefficient (Wildman–Crippen LogP) is 7.81. The molecule has 2 heterocycles. The van der Waals surface area contributed by atoms with E-state index in [-0.39, 0.29) is 17.0 Å². The molecule has 1 saturated carbocycles. The van der Waals surface area contributed by atoms with Gasteiger partial charge < -0.3 is 9.84 Å². The third kappa shape index (κ3) is 8.82. The highest BCUT2D eigenvalue weighted by atomic mass is 35.5. The molecule has 0 bridgehead atoms. The van der Waals surface area contributed by atoms with Crippen molar-refractivity contribution in [3.05, 3.63) is 99.5 Å². The van der Waals surface area contributed by atoms with E-state index in [2.05, 4.69) is 44.8 Å². The summed E-state index contributed by atoms with van der Waals surface area (Å²) in [5, 5.41) is 20.7. The molecule has 15 heteroatoms. The zero-order valence-electron chi connectivity index (χ0n) is 24.3. The second-order valence-corrected chi connectivity index (χ2v) is 12.5. The zero-order chi connectivity index (χ0) is 32.8. The van der Waals surface area contributed by atoms with Gasteiger partial charge in [0.25, 0.3) is 0 Å². The number of aromatic nitrogens is 6. The van der Waals surface area contributed by atoms with Gasteiger partial charge in [-0.1, -0.05) is 72.9 Å². The number of nitrogens with zero attached hydrogens (tertiary/aromatic N) is 6. The van der Waals surface area contributed by atoms with Crippen LogP contribution in [0, 0.1) is 5.41 Å². The summed E-state index contributed by atoms with van der Waals surface area (Å²) in [6.45, 7) is 4.01. The van der Waals surface area contributed by atoms with E-state index in [0.717, 1.165) is 24.0 Å². The van der Waals surface area contributed by atoms with Crippen LogP contribution in [0.4, 0.5) is 17.6 Å². The van der Waals surface area contributed by atoms with Gasteiger partial charge in [0.15, 0.2) is 0 Å². The molecule has 2 aromatic carbocycles. The van der Waals surface area contributed by atoms with Gasteiger partial charge in [-0.15, -0.1) is 0 Å². The molecular weight excluding hydrogens is 659 g/mol. The first-order chi connectivity index (χ1) is 21.2. The zero-order valence-corrected chi connectivity index (χ0v) is 26.6. The Morgan fingerprint density at radius 2 is 1.60 bits per heavy atom. The summed E-state index contributed by atoms with van der Waals surface area (Å²) in [5.74, 6) is -0.744. The van der Waals surface area contributed by atoms with Crippen LogP contribution in [-0.2, 0) is 17.8 Å². The first-order valence-electron chi connectivity index (χ1n) is 13.8.